The summed E-state index contributed by atoms with van der Waals surface area (Å²) in [5, 5.41) is 14.2. The lowest BCUT2D eigenvalue weighted by Gasteiger charge is -2.37. The van der Waals surface area contributed by atoms with Gasteiger partial charge in [0.2, 0.25) is 0 Å². The number of rotatable bonds is 5. The number of halogens is 1. The van der Waals surface area contributed by atoms with Crippen LogP contribution in [0.25, 0.3) is 0 Å². The van der Waals surface area contributed by atoms with Gasteiger partial charge in [-0.25, -0.2) is 0 Å². The smallest absolute Gasteiger partial charge is 0.0860 e. The maximum Gasteiger partial charge on any atom is 0.0860 e. The van der Waals surface area contributed by atoms with Crippen LogP contribution in [0.2, 0.25) is 5.02 Å². The minimum Gasteiger partial charge on any atom is -0.395 e. The molecule has 0 bridgehead atoms. The van der Waals surface area contributed by atoms with Crippen LogP contribution in [0.1, 0.15) is 30.7 Å². The van der Waals surface area contributed by atoms with E-state index in [9.17, 15) is 0 Å². The van der Waals surface area contributed by atoms with Crippen molar-refractivity contribution in [1.29, 1.82) is 0 Å². The van der Waals surface area contributed by atoms with Crippen molar-refractivity contribution in [2.45, 2.75) is 38.8 Å². The van der Waals surface area contributed by atoms with Crippen LogP contribution in [0.4, 0.5) is 0 Å². The van der Waals surface area contributed by atoms with Gasteiger partial charge in [-0.05, 0) is 19.8 Å². The van der Waals surface area contributed by atoms with Crippen molar-refractivity contribution in [3.8, 4) is 0 Å². The van der Waals surface area contributed by atoms with Crippen LogP contribution in [-0.2, 0) is 13.6 Å². The number of aryl methyl sites for hydroxylation is 2. The summed E-state index contributed by atoms with van der Waals surface area (Å²) in [5.41, 5.74) is 1.92. The zero-order chi connectivity index (χ0) is 12.4. The van der Waals surface area contributed by atoms with E-state index in [1.54, 1.807) is 0 Å². The standard InChI is InChI=1S/C12H20ClN3O/c1-9-12(13)11(15(2)14-9)8-16(6-7-17)10-4-3-5-10/h10,17H,3-8H2,1-2H3. The highest BCUT2D eigenvalue weighted by atomic mass is 35.5. The third kappa shape index (κ3) is 2.64. The molecule has 17 heavy (non-hydrogen) atoms. The van der Waals surface area contributed by atoms with E-state index in [-0.39, 0.29) is 6.61 Å². The molecule has 4 nitrogen and oxygen atoms in total. The van der Waals surface area contributed by atoms with E-state index >= 15 is 0 Å². The number of hydrogen-bond acceptors (Lipinski definition) is 3. The minimum atomic E-state index is 0.199. The lowest BCUT2D eigenvalue weighted by molar-refractivity contribution is 0.0922. The average Bonchev–Trinajstić information content (AvgIpc) is 2.43. The van der Waals surface area contributed by atoms with Gasteiger partial charge in [0.05, 0.1) is 23.0 Å². The zero-order valence-electron chi connectivity index (χ0n) is 10.5. The SMILES string of the molecule is Cc1nn(C)c(CN(CCO)C2CCC2)c1Cl. The molecule has 2 rings (SSSR count). The van der Waals surface area contributed by atoms with E-state index in [1.165, 1.54) is 19.3 Å². The van der Waals surface area contributed by atoms with E-state index < -0.39 is 0 Å². The lowest BCUT2D eigenvalue weighted by atomic mass is 9.91. The van der Waals surface area contributed by atoms with Gasteiger partial charge in [-0.1, -0.05) is 18.0 Å². The molecule has 1 saturated carbocycles. The molecule has 0 aliphatic heterocycles. The van der Waals surface area contributed by atoms with Crippen LogP contribution >= 0.6 is 11.6 Å². The van der Waals surface area contributed by atoms with E-state index in [0.717, 1.165) is 23.0 Å². The number of nitrogens with zero attached hydrogens (tertiary/aromatic N) is 3. The highest BCUT2D eigenvalue weighted by Gasteiger charge is 2.26. The first kappa shape index (κ1) is 12.9. The predicted octanol–water partition coefficient (Wildman–Crippen LogP) is 1.73. The van der Waals surface area contributed by atoms with Gasteiger partial charge in [-0.3, -0.25) is 9.58 Å². The van der Waals surface area contributed by atoms with E-state index in [0.29, 0.717) is 12.6 Å². The third-order valence-electron chi connectivity index (χ3n) is 3.59. The van der Waals surface area contributed by atoms with Crippen LogP contribution in [0, 0.1) is 6.92 Å². The Kier molecular flexibility index (Phi) is 4.07. The molecule has 1 heterocycles. The summed E-state index contributed by atoms with van der Waals surface area (Å²) in [6.07, 6.45) is 3.76. The van der Waals surface area contributed by atoms with Gasteiger partial charge < -0.3 is 5.11 Å². The van der Waals surface area contributed by atoms with Gasteiger partial charge in [0.25, 0.3) is 0 Å². The molecular formula is C12H20ClN3O. The fourth-order valence-corrected chi connectivity index (χ4v) is 2.54. The Morgan fingerprint density at radius 1 is 1.53 bits per heavy atom. The van der Waals surface area contributed by atoms with Gasteiger partial charge >= 0.3 is 0 Å². The maximum atomic E-state index is 9.13. The second-order valence-electron chi connectivity index (χ2n) is 4.75. The average molecular weight is 258 g/mol. The molecule has 0 amide bonds. The zero-order valence-corrected chi connectivity index (χ0v) is 11.2. The molecule has 1 aromatic rings. The molecule has 1 fully saturated rings. The molecule has 0 aromatic carbocycles. The molecule has 5 heteroatoms. The monoisotopic (exact) mass is 257 g/mol. The molecule has 0 spiro atoms. The topological polar surface area (TPSA) is 41.3 Å². The van der Waals surface area contributed by atoms with Gasteiger partial charge in [-0.15, -0.1) is 0 Å². The van der Waals surface area contributed by atoms with Crippen molar-refractivity contribution in [2.75, 3.05) is 13.2 Å². The van der Waals surface area contributed by atoms with Crippen LogP contribution in [0.3, 0.4) is 0 Å². The van der Waals surface area contributed by atoms with Gasteiger partial charge in [0, 0.05) is 26.2 Å². The van der Waals surface area contributed by atoms with Crippen LogP contribution in [0.15, 0.2) is 0 Å². The number of aliphatic hydroxyl groups is 1. The van der Waals surface area contributed by atoms with Gasteiger partial charge in [0.1, 0.15) is 0 Å². The van der Waals surface area contributed by atoms with Crippen molar-refractivity contribution >= 4 is 11.6 Å². The summed E-state index contributed by atoms with van der Waals surface area (Å²) in [7, 11) is 1.92. The third-order valence-corrected chi connectivity index (χ3v) is 4.08. The van der Waals surface area contributed by atoms with Crippen molar-refractivity contribution in [3.05, 3.63) is 16.4 Å². The van der Waals surface area contributed by atoms with E-state index in [4.69, 9.17) is 16.7 Å². The first-order valence-electron chi connectivity index (χ1n) is 6.16. The van der Waals surface area contributed by atoms with Crippen molar-refractivity contribution in [3.63, 3.8) is 0 Å². The highest BCUT2D eigenvalue weighted by molar-refractivity contribution is 6.31. The number of hydrogen-bond donors (Lipinski definition) is 1. The number of aromatic nitrogens is 2. The number of aliphatic hydroxyl groups excluding tert-OH is 1. The van der Waals surface area contributed by atoms with Crippen LogP contribution < -0.4 is 0 Å². The fourth-order valence-electron chi connectivity index (χ4n) is 2.32. The summed E-state index contributed by atoms with van der Waals surface area (Å²) < 4.78 is 1.85. The Morgan fingerprint density at radius 2 is 2.24 bits per heavy atom. The maximum absolute atomic E-state index is 9.13. The largest absolute Gasteiger partial charge is 0.395 e. The molecule has 0 unspecified atom stereocenters. The predicted molar refractivity (Wildman–Crippen MR) is 68.1 cm³/mol. The summed E-state index contributed by atoms with van der Waals surface area (Å²) in [6, 6.07) is 0.605. The summed E-state index contributed by atoms with van der Waals surface area (Å²) >= 11 is 6.25. The Morgan fingerprint density at radius 3 is 2.65 bits per heavy atom. The van der Waals surface area contributed by atoms with E-state index in [1.807, 2.05) is 18.7 Å². The van der Waals surface area contributed by atoms with Crippen molar-refractivity contribution < 1.29 is 5.11 Å². The normalized spacial score (nSPS) is 16.5. The quantitative estimate of drug-likeness (QED) is 0.874. The first-order valence-corrected chi connectivity index (χ1v) is 6.54. The summed E-state index contributed by atoms with van der Waals surface area (Å²) in [5.74, 6) is 0. The Balaban J connectivity index is 2.10. The second kappa shape index (κ2) is 5.38. The molecule has 1 aliphatic rings. The molecule has 96 valence electrons. The van der Waals surface area contributed by atoms with Gasteiger partial charge in [0.15, 0.2) is 0 Å². The van der Waals surface area contributed by atoms with Crippen molar-refractivity contribution in [2.24, 2.45) is 7.05 Å². The second-order valence-corrected chi connectivity index (χ2v) is 5.13. The molecule has 0 atom stereocenters. The molecule has 0 saturated heterocycles. The summed E-state index contributed by atoms with van der Waals surface area (Å²) in [4.78, 5) is 2.31. The molecule has 1 aliphatic carbocycles. The van der Waals surface area contributed by atoms with E-state index in [2.05, 4.69) is 10.00 Å². The Hall–Kier alpha value is -0.580. The minimum absolute atomic E-state index is 0.199. The molecule has 1 aromatic heterocycles. The Labute approximate surface area is 107 Å². The van der Waals surface area contributed by atoms with Gasteiger partial charge in [-0.2, -0.15) is 5.10 Å². The lowest BCUT2D eigenvalue weighted by Crippen LogP contribution is -2.41. The van der Waals surface area contributed by atoms with Crippen LogP contribution in [0.5, 0.6) is 0 Å². The Bertz CT molecular complexity index is 387. The molecule has 1 N–H and O–H groups in total. The first-order chi connectivity index (χ1) is 8.13. The molecule has 0 radical (unpaired) electrons. The summed E-state index contributed by atoms with van der Waals surface area (Å²) in [6.45, 7) is 3.61. The highest BCUT2D eigenvalue weighted by Crippen LogP contribution is 2.28. The molecular weight excluding hydrogens is 238 g/mol. The van der Waals surface area contributed by atoms with Crippen LogP contribution in [-0.4, -0.2) is 39.0 Å². The fraction of sp³-hybridized carbons (Fsp3) is 0.750. The van der Waals surface area contributed by atoms with Crippen molar-refractivity contribution in [1.82, 2.24) is 14.7 Å².